The van der Waals surface area contributed by atoms with E-state index in [0.717, 1.165) is 6.20 Å². The van der Waals surface area contributed by atoms with Gasteiger partial charge in [-0.2, -0.15) is 18.2 Å². The highest BCUT2D eigenvalue weighted by Crippen LogP contribution is 2.27. The Morgan fingerprint density at radius 1 is 1.43 bits per heavy atom. The fourth-order valence-electron chi connectivity index (χ4n) is 1.35. The van der Waals surface area contributed by atoms with Crippen molar-refractivity contribution in [3.8, 4) is 11.5 Å². The van der Waals surface area contributed by atoms with E-state index in [4.69, 9.17) is 10.3 Å². The zero-order chi connectivity index (χ0) is 15.6. The summed E-state index contributed by atoms with van der Waals surface area (Å²) in [5.74, 6) is -1.65. The van der Waals surface area contributed by atoms with E-state index in [1.165, 1.54) is 13.0 Å². The van der Waals surface area contributed by atoms with Crippen LogP contribution in [0.15, 0.2) is 16.8 Å². The fourth-order valence-corrected chi connectivity index (χ4v) is 1.35. The Bertz CT molecular complexity index is 657. The van der Waals surface area contributed by atoms with Gasteiger partial charge in [0.05, 0.1) is 0 Å². The Morgan fingerprint density at radius 2 is 2.14 bits per heavy atom. The number of hydrogen-bond donors (Lipinski definition) is 1. The molecule has 0 aliphatic carbocycles. The van der Waals surface area contributed by atoms with E-state index in [0.29, 0.717) is 0 Å². The smallest absolute Gasteiger partial charge is 0.437 e. The molecule has 0 aliphatic heterocycles. The van der Waals surface area contributed by atoms with Gasteiger partial charge in [0, 0.05) is 6.20 Å². The van der Waals surface area contributed by atoms with Crippen LogP contribution in [-0.2, 0) is 10.9 Å². The summed E-state index contributed by atoms with van der Waals surface area (Å²) in [4.78, 5) is 20.8. The number of ether oxygens (including phenoxy) is 1. The number of nitrogens with zero attached hydrogens (tertiary/aromatic N) is 4. The third-order valence-electron chi connectivity index (χ3n) is 2.22. The Balaban J connectivity index is 2.28. The van der Waals surface area contributed by atoms with Crippen LogP contribution in [0.25, 0.3) is 11.5 Å². The monoisotopic (exact) mass is 303 g/mol. The zero-order valence-corrected chi connectivity index (χ0v) is 10.5. The third kappa shape index (κ3) is 3.43. The molecule has 112 valence electrons. The molecule has 1 unspecified atom stereocenters. The van der Waals surface area contributed by atoms with Gasteiger partial charge in [0.2, 0.25) is 11.6 Å². The van der Waals surface area contributed by atoms with Gasteiger partial charge < -0.3 is 15.0 Å². The molecule has 2 aromatic heterocycles. The number of hydrogen-bond acceptors (Lipinski definition) is 7. The Morgan fingerprint density at radius 3 is 2.76 bits per heavy atom. The lowest BCUT2D eigenvalue weighted by atomic mass is 10.3. The van der Waals surface area contributed by atoms with Crippen LogP contribution in [-0.4, -0.2) is 26.2 Å². The van der Waals surface area contributed by atoms with Crippen molar-refractivity contribution in [2.45, 2.75) is 19.2 Å². The molecule has 0 aliphatic rings. The highest BCUT2D eigenvalue weighted by molar-refractivity contribution is 5.64. The second kappa shape index (κ2) is 5.34. The molecule has 2 heterocycles. The van der Waals surface area contributed by atoms with E-state index >= 15 is 0 Å². The van der Waals surface area contributed by atoms with Crippen molar-refractivity contribution in [2.24, 2.45) is 5.73 Å². The van der Waals surface area contributed by atoms with Gasteiger partial charge in [-0.1, -0.05) is 5.16 Å². The topological polar surface area (TPSA) is 117 Å². The Hall–Kier alpha value is -2.72. The number of aromatic nitrogens is 4. The SMILES string of the molecule is CC(OC(N)=O)c1nc(-c2ccnc(C(F)(F)F)n2)no1. The third-order valence-corrected chi connectivity index (χ3v) is 2.22. The van der Waals surface area contributed by atoms with Gasteiger partial charge >= 0.3 is 12.3 Å². The minimum absolute atomic E-state index is 0.129. The minimum atomic E-state index is -4.69. The average molecular weight is 303 g/mol. The predicted molar refractivity (Wildman–Crippen MR) is 59.4 cm³/mol. The first-order chi connectivity index (χ1) is 9.77. The number of nitrogens with two attached hydrogens (primary N) is 1. The van der Waals surface area contributed by atoms with Crippen molar-refractivity contribution in [2.75, 3.05) is 0 Å². The molecule has 2 rings (SSSR count). The number of carbonyl (C=O) groups is 1. The van der Waals surface area contributed by atoms with E-state index < -0.39 is 24.2 Å². The van der Waals surface area contributed by atoms with Gasteiger partial charge in [-0.25, -0.2) is 14.8 Å². The molecule has 8 nitrogen and oxygen atoms in total. The number of rotatable bonds is 3. The van der Waals surface area contributed by atoms with E-state index in [1.807, 2.05) is 0 Å². The van der Waals surface area contributed by atoms with Crippen molar-refractivity contribution in [3.63, 3.8) is 0 Å². The van der Waals surface area contributed by atoms with Crippen LogP contribution in [0.4, 0.5) is 18.0 Å². The summed E-state index contributed by atoms with van der Waals surface area (Å²) in [5, 5.41) is 3.46. The zero-order valence-electron chi connectivity index (χ0n) is 10.5. The first-order valence-corrected chi connectivity index (χ1v) is 5.47. The molecule has 0 bridgehead atoms. The molecule has 0 saturated heterocycles. The van der Waals surface area contributed by atoms with Crippen molar-refractivity contribution >= 4 is 6.09 Å². The molecule has 0 radical (unpaired) electrons. The van der Waals surface area contributed by atoms with E-state index in [-0.39, 0.29) is 17.4 Å². The Kier molecular flexibility index (Phi) is 3.74. The lowest BCUT2D eigenvalue weighted by Crippen LogP contribution is -2.15. The standard InChI is InChI=1S/C10H8F3N5O3/c1-4(20-9(14)19)7-17-6(18-21-7)5-2-3-15-8(16-5)10(11,12)13/h2-4H,1H3,(H2,14,19). The molecule has 11 heteroatoms. The first kappa shape index (κ1) is 14.7. The molecule has 0 fully saturated rings. The molecule has 1 atom stereocenters. The minimum Gasteiger partial charge on any atom is -0.437 e. The first-order valence-electron chi connectivity index (χ1n) is 5.47. The van der Waals surface area contributed by atoms with Gasteiger partial charge in [0.15, 0.2) is 6.10 Å². The van der Waals surface area contributed by atoms with Gasteiger partial charge in [0.25, 0.3) is 5.89 Å². The number of primary amides is 1. The highest BCUT2D eigenvalue weighted by atomic mass is 19.4. The van der Waals surface area contributed by atoms with Crippen molar-refractivity contribution in [3.05, 3.63) is 24.0 Å². The molecule has 0 saturated carbocycles. The summed E-state index contributed by atoms with van der Waals surface area (Å²) < 4.78 is 46.9. The summed E-state index contributed by atoms with van der Waals surface area (Å²) in [5.41, 5.74) is 4.64. The van der Waals surface area contributed by atoms with Crippen molar-refractivity contribution < 1.29 is 27.2 Å². The normalized spacial score (nSPS) is 13.0. The van der Waals surface area contributed by atoms with E-state index in [2.05, 4.69) is 24.8 Å². The summed E-state index contributed by atoms with van der Waals surface area (Å²) in [6.45, 7) is 1.41. The van der Waals surface area contributed by atoms with Gasteiger partial charge in [0.1, 0.15) is 5.69 Å². The summed E-state index contributed by atoms with van der Waals surface area (Å²) in [7, 11) is 0. The second-order valence-corrected chi connectivity index (χ2v) is 3.80. The summed E-state index contributed by atoms with van der Waals surface area (Å²) in [6, 6.07) is 1.18. The lowest BCUT2D eigenvalue weighted by molar-refractivity contribution is -0.144. The van der Waals surface area contributed by atoms with Crippen LogP contribution in [0.5, 0.6) is 0 Å². The van der Waals surface area contributed by atoms with Crippen LogP contribution in [0.1, 0.15) is 24.7 Å². The molecule has 2 N–H and O–H groups in total. The van der Waals surface area contributed by atoms with Crippen LogP contribution >= 0.6 is 0 Å². The largest absolute Gasteiger partial charge is 0.451 e. The summed E-state index contributed by atoms with van der Waals surface area (Å²) in [6.07, 6.45) is -5.76. The molecule has 0 aromatic carbocycles. The number of carbonyl (C=O) groups excluding carboxylic acids is 1. The Labute approximate surface area is 115 Å². The number of halogens is 3. The van der Waals surface area contributed by atoms with Crippen molar-refractivity contribution in [1.82, 2.24) is 20.1 Å². The van der Waals surface area contributed by atoms with E-state index in [9.17, 15) is 18.0 Å². The second-order valence-electron chi connectivity index (χ2n) is 3.80. The maximum atomic E-state index is 12.5. The number of amides is 1. The molecule has 2 aromatic rings. The predicted octanol–water partition coefficient (Wildman–Crippen LogP) is 1.70. The molecular weight excluding hydrogens is 295 g/mol. The van der Waals surface area contributed by atoms with Crippen LogP contribution in [0.3, 0.4) is 0 Å². The maximum Gasteiger partial charge on any atom is 0.451 e. The van der Waals surface area contributed by atoms with Crippen LogP contribution < -0.4 is 5.73 Å². The highest BCUT2D eigenvalue weighted by Gasteiger charge is 2.35. The van der Waals surface area contributed by atoms with Gasteiger partial charge in [-0.3, -0.25) is 0 Å². The fraction of sp³-hybridized carbons (Fsp3) is 0.300. The molecule has 1 amide bonds. The van der Waals surface area contributed by atoms with Crippen molar-refractivity contribution in [1.29, 1.82) is 0 Å². The molecule has 0 spiro atoms. The summed E-state index contributed by atoms with van der Waals surface area (Å²) >= 11 is 0. The van der Waals surface area contributed by atoms with Crippen LogP contribution in [0.2, 0.25) is 0 Å². The quantitative estimate of drug-likeness (QED) is 0.916. The molecule has 21 heavy (non-hydrogen) atoms. The average Bonchev–Trinajstić information content (AvgIpc) is 2.86. The van der Waals surface area contributed by atoms with Gasteiger partial charge in [-0.05, 0) is 13.0 Å². The maximum absolute atomic E-state index is 12.5. The van der Waals surface area contributed by atoms with Crippen LogP contribution in [0, 0.1) is 0 Å². The lowest BCUT2D eigenvalue weighted by Gasteiger charge is -2.05. The number of alkyl halides is 3. The molecular formula is C10H8F3N5O3. The van der Waals surface area contributed by atoms with E-state index in [1.54, 1.807) is 0 Å². The van der Waals surface area contributed by atoms with Gasteiger partial charge in [-0.15, -0.1) is 0 Å².